The Morgan fingerprint density at radius 1 is 1.50 bits per heavy atom. The van der Waals surface area contributed by atoms with Gasteiger partial charge >= 0.3 is 5.97 Å². The Morgan fingerprint density at radius 3 is 2.86 bits per heavy atom. The van der Waals surface area contributed by atoms with Crippen LogP contribution in [-0.4, -0.2) is 34.7 Å². The lowest BCUT2D eigenvalue weighted by atomic mass is 9.65. The van der Waals surface area contributed by atoms with E-state index in [1.54, 1.807) is 6.92 Å². The number of hydrogen-bond donors (Lipinski definition) is 1. The number of fused-ring (bicyclic) bond motifs is 1. The van der Waals surface area contributed by atoms with Gasteiger partial charge in [-0.2, -0.15) is 0 Å². The van der Waals surface area contributed by atoms with E-state index < -0.39 is 23.0 Å². The highest BCUT2D eigenvalue weighted by atomic mass is 35.5. The Bertz CT molecular complexity index is 560. The van der Waals surface area contributed by atoms with Crippen LogP contribution >= 0.6 is 11.6 Å². The molecule has 0 aromatic rings. The fourth-order valence-corrected chi connectivity index (χ4v) is 4.09. The minimum absolute atomic E-state index is 0.232. The van der Waals surface area contributed by atoms with Crippen molar-refractivity contribution >= 4 is 29.3 Å². The van der Waals surface area contributed by atoms with E-state index in [-0.39, 0.29) is 17.6 Å². The molecule has 0 spiro atoms. The second kappa shape index (κ2) is 5.37. The molecule has 4 atom stereocenters. The number of esters is 1. The molecule has 22 heavy (non-hydrogen) atoms. The molecule has 1 unspecified atom stereocenters. The maximum Gasteiger partial charge on any atom is 0.344 e. The Kier molecular flexibility index (Phi) is 3.79. The van der Waals surface area contributed by atoms with Gasteiger partial charge in [0.2, 0.25) is 11.4 Å². The first-order valence-corrected chi connectivity index (χ1v) is 8.33. The summed E-state index contributed by atoms with van der Waals surface area (Å²) >= 11 is 5.71. The number of ether oxygens (including phenoxy) is 1. The van der Waals surface area contributed by atoms with Gasteiger partial charge in [-0.3, -0.25) is 9.59 Å². The fourth-order valence-electron chi connectivity index (χ4n) is 3.94. The van der Waals surface area contributed by atoms with Crippen molar-refractivity contribution in [3.05, 3.63) is 12.2 Å². The highest BCUT2D eigenvalue weighted by Crippen LogP contribution is 2.52. The number of halogens is 1. The quantitative estimate of drug-likeness (QED) is 0.361. The molecule has 0 bridgehead atoms. The second-order valence-electron chi connectivity index (χ2n) is 6.45. The maximum absolute atomic E-state index is 13.0. The fraction of sp³-hybridized carbons (Fsp3) is 0.688. The third-order valence-electron chi connectivity index (χ3n) is 5.23. The van der Waals surface area contributed by atoms with E-state index in [2.05, 4.69) is 5.32 Å². The highest BCUT2D eigenvalue weighted by molar-refractivity contribution is 6.20. The number of alkyl halides is 1. The van der Waals surface area contributed by atoms with Gasteiger partial charge in [-0.05, 0) is 39.0 Å². The van der Waals surface area contributed by atoms with Crippen molar-refractivity contribution in [2.24, 2.45) is 11.8 Å². The first-order chi connectivity index (χ1) is 10.5. The van der Waals surface area contributed by atoms with Gasteiger partial charge in [0, 0.05) is 11.8 Å². The lowest BCUT2D eigenvalue weighted by Gasteiger charge is -2.51. The maximum atomic E-state index is 13.0. The first-order valence-electron chi connectivity index (χ1n) is 7.80. The van der Waals surface area contributed by atoms with Gasteiger partial charge in [-0.1, -0.05) is 12.2 Å². The number of carbonyl (C=O) groups excluding carboxylic acids is 3. The number of hydrogen-bond acceptors (Lipinski definition) is 4. The molecule has 1 N–H and O–H groups in total. The molecule has 0 aromatic heterocycles. The van der Waals surface area contributed by atoms with Crippen molar-refractivity contribution in [3.8, 4) is 0 Å². The third-order valence-corrected chi connectivity index (χ3v) is 5.50. The number of carbonyl (C=O) groups is 3. The van der Waals surface area contributed by atoms with E-state index in [1.807, 2.05) is 12.2 Å². The summed E-state index contributed by atoms with van der Waals surface area (Å²) in [5.74, 6) is -1.55. The van der Waals surface area contributed by atoms with E-state index in [4.69, 9.17) is 16.3 Å². The van der Waals surface area contributed by atoms with Crippen LogP contribution in [0.1, 0.15) is 39.0 Å². The van der Waals surface area contributed by atoms with Crippen LogP contribution < -0.4 is 5.32 Å². The van der Waals surface area contributed by atoms with E-state index in [0.717, 1.165) is 12.8 Å². The van der Waals surface area contributed by atoms with Crippen molar-refractivity contribution < 1.29 is 19.1 Å². The summed E-state index contributed by atoms with van der Waals surface area (Å²) in [7, 11) is 0. The van der Waals surface area contributed by atoms with Crippen molar-refractivity contribution in [2.45, 2.75) is 50.2 Å². The monoisotopic (exact) mass is 325 g/mol. The van der Waals surface area contributed by atoms with Crippen LogP contribution in [-0.2, 0) is 19.1 Å². The summed E-state index contributed by atoms with van der Waals surface area (Å²) in [4.78, 5) is 37.5. The molecular weight excluding hydrogens is 306 g/mol. The molecule has 2 aliphatic heterocycles. The van der Waals surface area contributed by atoms with Crippen molar-refractivity contribution in [1.29, 1.82) is 0 Å². The van der Waals surface area contributed by atoms with Gasteiger partial charge in [-0.25, -0.2) is 4.79 Å². The summed E-state index contributed by atoms with van der Waals surface area (Å²) in [6.07, 6.45) is 7.54. The normalized spacial score (nSPS) is 39.7. The van der Waals surface area contributed by atoms with Gasteiger partial charge < -0.3 is 10.1 Å². The number of Topliss-reactive ketones (excluding diaryl/α,β-unsaturated/α-hetero) is 1. The average molecular weight is 326 g/mol. The largest absolute Gasteiger partial charge is 0.453 e. The molecule has 0 aromatic carbocycles. The number of amides is 1. The van der Waals surface area contributed by atoms with Crippen LogP contribution in [0.2, 0.25) is 0 Å². The first kappa shape index (κ1) is 15.5. The summed E-state index contributed by atoms with van der Waals surface area (Å²) < 4.78 is 5.34. The van der Waals surface area contributed by atoms with Crippen LogP contribution in [0, 0.1) is 11.8 Å². The van der Waals surface area contributed by atoms with Gasteiger partial charge in [-0.15, -0.1) is 11.6 Å². The Balaban J connectivity index is 1.92. The van der Waals surface area contributed by atoms with Crippen LogP contribution in [0.4, 0.5) is 0 Å². The summed E-state index contributed by atoms with van der Waals surface area (Å²) in [5.41, 5.74) is -2.59. The number of rotatable bonds is 5. The Hall–Kier alpha value is -1.36. The Labute approximate surface area is 134 Å². The number of nitrogens with one attached hydrogen (secondary N) is 1. The highest BCUT2D eigenvalue weighted by Gasteiger charge is 2.79. The predicted octanol–water partition coefficient (Wildman–Crippen LogP) is 1.73. The molecule has 3 rings (SSSR count). The molecule has 120 valence electrons. The van der Waals surface area contributed by atoms with Crippen LogP contribution in [0.25, 0.3) is 0 Å². The van der Waals surface area contributed by atoms with Crippen molar-refractivity contribution in [1.82, 2.24) is 5.32 Å². The van der Waals surface area contributed by atoms with Crippen molar-refractivity contribution in [3.63, 3.8) is 0 Å². The van der Waals surface area contributed by atoms with Gasteiger partial charge in [0.05, 0.1) is 5.92 Å². The topological polar surface area (TPSA) is 72.5 Å². The number of ketones is 1. The van der Waals surface area contributed by atoms with Crippen molar-refractivity contribution in [2.75, 3.05) is 5.88 Å². The lowest BCUT2D eigenvalue weighted by Crippen LogP contribution is -2.78. The van der Waals surface area contributed by atoms with E-state index in [1.165, 1.54) is 0 Å². The molecule has 2 saturated heterocycles. The molecule has 1 aliphatic carbocycles. The van der Waals surface area contributed by atoms with E-state index in [9.17, 15) is 14.4 Å². The molecule has 1 amide bonds. The zero-order valence-electron chi connectivity index (χ0n) is 12.6. The smallest absolute Gasteiger partial charge is 0.344 e. The van der Waals surface area contributed by atoms with Crippen LogP contribution in [0.15, 0.2) is 12.2 Å². The number of allylic oxidation sites excluding steroid dienone is 2. The molecule has 0 saturated carbocycles. The zero-order chi connectivity index (χ0) is 16.0. The molecule has 6 heteroatoms. The molecule has 2 fully saturated rings. The standard InChI is InChI=1S/C16H20ClNO4/c1-15-11(8-5-9-17)13(20)18-16(15,14(21)22-15)12(19)10-6-3-2-4-7-10/h3,6,10-11H,2,4-5,7-9H2,1H3,(H,18,20)/t10?,11-,15-,16-/m0/s1. The average Bonchev–Trinajstić information content (AvgIpc) is 2.69. The molecule has 2 heterocycles. The van der Waals surface area contributed by atoms with Gasteiger partial charge in [0.25, 0.3) is 0 Å². The van der Waals surface area contributed by atoms with Crippen LogP contribution in [0.3, 0.4) is 0 Å². The second-order valence-corrected chi connectivity index (χ2v) is 6.83. The predicted molar refractivity (Wildman–Crippen MR) is 80.3 cm³/mol. The summed E-state index contributed by atoms with van der Waals surface area (Å²) in [6.45, 7) is 1.69. The SMILES string of the molecule is C[C@@]12OC(=O)[C@]1(C(=O)C1C=CCCC1)NC(=O)[C@@H]2CCCCl. The van der Waals surface area contributed by atoms with Crippen LogP contribution in [0.5, 0.6) is 0 Å². The van der Waals surface area contributed by atoms with E-state index >= 15 is 0 Å². The summed E-state index contributed by atoms with van der Waals surface area (Å²) in [5, 5.41) is 2.67. The lowest BCUT2D eigenvalue weighted by molar-refractivity contribution is -0.218. The van der Waals surface area contributed by atoms with Gasteiger partial charge in [0.15, 0.2) is 11.4 Å². The minimum atomic E-state index is -1.51. The van der Waals surface area contributed by atoms with E-state index in [0.29, 0.717) is 25.1 Å². The third kappa shape index (κ3) is 1.87. The molecule has 3 aliphatic rings. The minimum Gasteiger partial charge on any atom is -0.453 e. The van der Waals surface area contributed by atoms with Gasteiger partial charge in [0.1, 0.15) is 0 Å². The molecule has 5 nitrogen and oxygen atoms in total. The molecule has 0 radical (unpaired) electrons. The Morgan fingerprint density at radius 2 is 2.27 bits per heavy atom. The zero-order valence-corrected chi connectivity index (χ0v) is 13.3. The molecular formula is C16H20ClNO4. The summed E-state index contributed by atoms with van der Waals surface area (Å²) in [6, 6.07) is 0.